The molecular weight excluding hydrogens is 389 g/mol. The molecule has 0 radical (unpaired) electrons. The van der Waals surface area contributed by atoms with Crippen molar-refractivity contribution in [3.8, 4) is 0 Å². The third-order valence-corrected chi connectivity index (χ3v) is 5.22. The van der Waals surface area contributed by atoms with Crippen LogP contribution in [-0.2, 0) is 4.79 Å². The zero-order chi connectivity index (χ0) is 20.2. The van der Waals surface area contributed by atoms with Gasteiger partial charge in [-0.05, 0) is 48.6 Å². The van der Waals surface area contributed by atoms with Gasteiger partial charge in [0.25, 0.3) is 0 Å². The van der Waals surface area contributed by atoms with Gasteiger partial charge < -0.3 is 20.5 Å². The molecule has 0 aliphatic carbocycles. The van der Waals surface area contributed by atoms with E-state index in [4.69, 9.17) is 12.2 Å². The van der Waals surface area contributed by atoms with Crippen LogP contribution in [0.5, 0.6) is 0 Å². The molecule has 2 atom stereocenters. The SMILES string of the molecule is O=C(CCN1C(=S)N[C@H](c2ccccn2)[C@@H]1c1ccc[nH]1)Nc1ccccc1F. The maximum absolute atomic E-state index is 13.8. The van der Waals surface area contributed by atoms with Gasteiger partial charge in [0.1, 0.15) is 5.82 Å². The van der Waals surface area contributed by atoms with Crippen LogP contribution in [0.15, 0.2) is 67.0 Å². The molecule has 1 aromatic carbocycles. The normalized spacial score (nSPS) is 18.5. The van der Waals surface area contributed by atoms with Gasteiger partial charge in [0, 0.05) is 31.1 Å². The highest BCUT2D eigenvalue weighted by molar-refractivity contribution is 7.80. The number of carbonyl (C=O) groups excluding carboxylic acids is 1. The molecule has 2 aromatic heterocycles. The first-order chi connectivity index (χ1) is 14.1. The number of H-pyrrole nitrogens is 1. The summed E-state index contributed by atoms with van der Waals surface area (Å²) in [5.41, 5.74) is 2.02. The Labute approximate surface area is 173 Å². The van der Waals surface area contributed by atoms with Gasteiger partial charge in [-0.1, -0.05) is 18.2 Å². The van der Waals surface area contributed by atoms with Crippen molar-refractivity contribution in [2.24, 2.45) is 0 Å². The minimum Gasteiger partial charge on any atom is -0.363 e. The minimum absolute atomic E-state index is 0.131. The van der Waals surface area contributed by atoms with Gasteiger partial charge in [0.05, 0.1) is 23.5 Å². The molecule has 3 N–H and O–H groups in total. The Balaban J connectivity index is 1.50. The van der Waals surface area contributed by atoms with Crippen LogP contribution in [-0.4, -0.2) is 32.4 Å². The van der Waals surface area contributed by atoms with E-state index in [9.17, 15) is 9.18 Å². The molecule has 4 rings (SSSR count). The first kappa shape index (κ1) is 19.1. The second-order valence-electron chi connectivity index (χ2n) is 6.72. The van der Waals surface area contributed by atoms with Gasteiger partial charge in [0.15, 0.2) is 5.11 Å². The molecule has 6 nitrogen and oxygen atoms in total. The molecule has 1 aliphatic heterocycles. The second-order valence-corrected chi connectivity index (χ2v) is 7.11. The Kier molecular flexibility index (Phi) is 5.53. The van der Waals surface area contributed by atoms with E-state index in [1.54, 1.807) is 18.3 Å². The molecule has 1 fully saturated rings. The lowest BCUT2D eigenvalue weighted by Gasteiger charge is -2.26. The Hall–Kier alpha value is -3.26. The fourth-order valence-electron chi connectivity index (χ4n) is 3.51. The zero-order valence-corrected chi connectivity index (χ0v) is 16.3. The van der Waals surface area contributed by atoms with Crippen LogP contribution in [0.1, 0.15) is 29.9 Å². The molecule has 148 valence electrons. The van der Waals surface area contributed by atoms with Crippen molar-refractivity contribution in [1.82, 2.24) is 20.2 Å². The van der Waals surface area contributed by atoms with E-state index < -0.39 is 5.82 Å². The number of carbonyl (C=O) groups is 1. The largest absolute Gasteiger partial charge is 0.363 e. The Bertz CT molecular complexity index is 995. The molecule has 0 spiro atoms. The molecule has 1 amide bonds. The highest BCUT2D eigenvalue weighted by Crippen LogP contribution is 2.37. The van der Waals surface area contributed by atoms with E-state index in [1.165, 1.54) is 12.1 Å². The number of rotatable bonds is 6. The zero-order valence-electron chi connectivity index (χ0n) is 15.5. The highest BCUT2D eigenvalue weighted by atomic mass is 32.1. The van der Waals surface area contributed by atoms with Crippen LogP contribution in [0.25, 0.3) is 0 Å². The predicted octanol–water partition coefficient (Wildman–Crippen LogP) is 3.55. The fraction of sp³-hybridized carbons (Fsp3) is 0.190. The number of aromatic amines is 1. The van der Waals surface area contributed by atoms with Gasteiger partial charge in [-0.15, -0.1) is 0 Å². The minimum atomic E-state index is -0.460. The quantitative estimate of drug-likeness (QED) is 0.543. The maximum atomic E-state index is 13.8. The Morgan fingerprint density at radius 2 is 2.00 bits per heavy atom. The average molecular weight is 409 g/mol. The van der Waals surface area contributed by atoms with Gasteiger partial charge in [-0.3, -0.25) is 9.78 Å². The van der Waals surface area contributed by atoms with Crippen molar-refractivity contribution in [2.75, 3.05) is 11.9 Å². The first-order valence-electron chi connectivity index (χ1n) is 9.29. The van der Waals surface area contributed by atoms with Crippen LogP contribution in [0.2, 0.25) is 0 Å². The number of hydrogen-bond donors (Lipinski definition) is 3. The molecule has 0 bridgehead atoms. The summed E-state index contributed by atoms with van der Waals surface area (Å²) in [6, 6.07) is 15.5. The molecule has 3 heterocycles. The van der Waals surface area contributed by atoms with E-state index >= 15 is 0 Å². The van der Waals surface area contributed by atoms with E-state index in [1.807, 2.05) is 41.4 Å². The van der Waals surface area contributed by atoms with Gasteiger partial charge in [-0.25, -0.2) is 4.39 Å². The van der Waals surface area contributed by atoms with Crippen LogP contribution < -0.4 is 10.6 Å². The van der Waals surface area contributed by atoms with Crippen molar-refractivity contribution in [2.45, 2.75) is 18.5 Å². The summed E-state index contributed by atoms with van der Waals surface area (Å²) in [6.07, 6.45) is 3.77. The van der Waals surface area contributed by atoms with Crippen LogP contribution in [0, 0.1) is 5.82 Å². The lowest BCUT2D eigenvalue weighted by atomic mass is 10.0. The fourth-order valence-corrected chi connectivity index (χ4v) is 3.84. The second kappa shape index (κ2) is 8.40. The summed E-state index contributed by atoms with van der Waals surface area (Å²) in [5, 5.41) is 6.50. The first-order valence-corrected chi connectivity index (χ1v) is 9.70. The number of pyridine rings is 1. The number of thiocarbonyl (C=S) groups is 1. The van der Waals surface area contributed by atoms with Crippen LogP contribution >= 0.6 is 12.2 Å². The molecular formula is C21H20FN5OS. The number of halogens is 1. The van der Waals surface area contributed by atoms with Crippen molar-refractivity contribution in [3.63, 3.8) is 0 Å². The van der Waals surface area contributed by atoms with Crippen LogP contribution in [0.4, 0.5) is 10.1 Å². The average Bonchev–Trinajstić information content (AvgIpc) is 3.36. The van der Waals surface area contributed by atoms with Crippen LogP contribution in [0.3, 0.4) is 0 Å². The van der Waals surface area contributed by atoms with Gasteiger partial charge in [0.2, 0.25) is 5.91 Å². The summed E-state index contributed by atoms with van der Waals surface area (Å²) in [6.45, 7) is 0.388. The monoisotopic (exact) mass is 409 g/mol. The van der Waals surface area contributed by atoms with Crippen molar-refractivity contribution in [1.29, 1.82) is 0 Å². The molecule has 0 saturated carbocycles. The van der Waals surface area contributed by atoms with E-state index in [0.29, 0.717) is 11.7 Å². The smallest absolute Gasteiger partial charge is 0.226 e. The number of nitrogens with one attached hydrogen (secondary N) is 3. The molecule has 8 heteroatoms. The predicted molar refractivity (Wildman–Crippen MR) is 113 cm³/mol. The number of hydrogen-bond acceptors (Lipinski definition) is 3. The third-order valence-electron chi connectivity index (χ3n) is 4.87. The highest BCUT2D eigenvalue weighted by Gasteiger charge is 2.40. The molecule has 29 heavy (non-hydrogen) atoms. The lowest BCUT2D eigenvalue weighted by molar-refractivity contribution is -0.116. The standard InChI is InChI=1S/C21H20FN5OS/c22-14-6-1-2-7-15(14)25-18(28)10-13-27-20(17-9-5-12-24-17)19(26-21(27)29)16-8-3-4-11-23-16/h1-9,11-12,19-20,24H,10,13H2,(H,25,28)(H,26,29)/t19-,20+/m1/s1. The number of aromatic nitrogens is 2. The lowest BCUT2D eigenvalue weighted by Crippen LogP contribution is -2.32. The van der Waals surface area contributed by atoms with Crippen molar-refractivity contribution in [3.05, 3.63) is 84.2 Å². The summed E-state index contributed by atoms with van der Waals surface area (Å²) < 4.78 is 13.8. The Morgan fingerprint density at radius 3 is 2.72 bits per heavy atom. The number of anilines is 1. The van der Waals surface area contributed by atoms with Gasteiger partial charge in [-0.2, -0.15) is 0 Å². The Morgan fingerprint density at radius 1 is 1.17 bits per heavy atom. The summed E-state index contributed by atoms with van der Waals surface area (Å²) in [4.78, 5) is 22.1. The molecule has 3 aromatic rings. The molecule has 0 unspecified atom stereocenters. The van der Waals surface area contributed by atoms with E-state index in [2.05, 4.69) is 20.6 Å². The summed E-state index contributed by atoms with van der Waals surface area (Å²) >= 11 is 5.55. The number of para-hydroxylation sites is 1. The van der Waals surface area contributed by atoms with E-state index in [0.717, 1.165) is 11.4 Å². The van der Waals surface area contributed by atoms with Crippen molar-refractivity contribution < 1.29 is 9.18 Å². The third kappa shape index (κ3) is 4.12. The van der Waals surface area contributed by atoms with E-state index in [-0.39, 0.29) is 30.1 Å². The van der Waals surface area contributed by atoms with Crippen molar-refractivity contribution >= 4 is 28.9 Å². The maximum Gasteiger partial charge on any atom is 0.226 e. The summed E-state index contributed by atoms with van der Waals surface area (Å²) in [5.74, 6) is -0.733. The number of nitrogens with zero attached hydrogens (tertiary/aromatic N) is 2. The molecule has 1 aliphatic rings. The number of benzene rings is 1. The molecule has 1 saturated heterocycles. The topological polar surface area (TPSA) is 73.0 Å². The summed E-state index contributed by atoms with van der Waals surface area (Å²) in [7, 11) is 0. The van der Waals surface area contributed by atoms with Gasteiger partial charge >= 0.3 is 0 Å². The number of amides is 1.